The van der Waals surface area contributed by atoms with Crippen LogP contribution in [0.2, 0.25) is 0 Å². The van der Waals surface area contributed by atoms with Crippen LogP contribution < -0.4 is 5.32 Å². The second-order valence-electron chi connectivity index (χ2n) is 2.45. The number of hydrogen-bond acceptors (Lipinski definition) is 4. The van der Waals surface area contributed by atoms with E-state index in [0.29, 0.717) is 0 Å². The maximum Gasteiger partial charge on any atom is 0.349 e. The van der Waals surface area contributed by atoms with Gasteiger partial charge >= 0.3 is 7.60 Å². The zero-order valence-electron chi connectivity index (χ0n) is 8.53. The van der Waals surface area contributed by atoms with Crippen LogP contribution in [-0.2, 0) is 18.4 Å². The summed E-state index contributed by atoms with van der Waals surface area (Å²) in [6.45, 7) is 3.83. The van der Waals surface area contributed by atoms with Crippen LogP contribution in [0.3, 0.4) is 0 Å². The van der Waals surface area contributed by atoms with E-state index in [1.165, 1.54) is 0 Å². The Labute approximate surface area is 98.9 Å². The maximum absolute atomic E-state index is 11.8. The van der Waals surface area contributed by atoms with Gasteiger partial charge in [0.25, 0.3) is 5.91 Å². The summed E-state index contributed by atoms with van der Waals surface area (Å²) in [4.78, 5) is 9.80. The van der Waals surface area contributed by atoms with Crippen LogP contribution in [-0.4, -0.2) is 30.2 Å². The lowest BCUT2D eigenvalue weighted by Gasteiger charge is -2.17. The molecular formula is C7H14Cl2NO4P. The van der Waals surface area contributed by atoms with E-state index in [1.54, 1.807) is 13.8 Å². The van der Waals surface area contributed by atoms with Crippen molar-refractivity contribution in [2.75, 3.05) is 19.5 Å². The second-order valence-corrected chi connectivity index (χ2v) is 5.60. The SMILES string of the molecule is CCOP(=O)(CNC(=O)C(Cl)Cl)OCC. The Morgan fingerprint density at radius 3 is 2.13 bits per heavy atom. The van der Waals surface area contributed by atoms with Crippen molar-refractivity contribution in [2.45, 2.75) is 18.7 Å². The summed E-state index contributed by atoms with van der Waals surface area (Å²) in [5.74, 6) is -0.627. The van der Waals surface area contributed by atoms with Crippen molar-refractivity contribution in [3.63, 3.8) is 0 Å². The molecule has 90 valence electrons. The van der Waals surface area contributed by atoms with E-state index in [1.807, 2.05) is 0 Å². The molecule has 0 spiro atoms. The predicted molar refractivity (Wildman–Crippen MR) is 59.4 cm³/mol. The van der Waals surface area contributed by atoms with Gasteiger partial charge in [0.1, 0.15) is 6.29 Å². The number of amides is 1. The van der Waals surface area contributed by atoms with Gasteiger partial charge in [-0.2, -0.15) is 0 Å². The molecule has 15 heavy (non-hydrogen) atoms. The Morgan fingerprint density at radius 2 is 1.80 bits per heavy atom. The summed E-state index contributed by atoms with van der Waals surface area (Å²) >= 11 is 10.6. The fourth-order valence-electron chi connectivity index (χ4n) is 0.774. The molecular weight excluding hydrogens is 264 g/mol. The Kier molecular flexibility index (Phi) is 7.57. The zero-order chi connectivity index (χ0) is 11.9. The minimum absolute atomic E-state index is 0.233. The smallest absolute Gasteiger partial charge is 0.342 e. The highest BCUT2D eigenvalue weighted by molar-refractivity contribution is 7.53. The van der Waals surface area contributed by atoms with Crippen molar-refractivity contribution in [1.29, 1.82) is 0 Å². The number of carbonyl (C=O) groups excluding carboxylic acids is 1. The second kappa shape index (κ2) is 7.47. The highest BCUT2D eigenvalue weighted by atomic mass is 35.5. The summed E-state index contributed by atoms with van der Waals surface area (Å²) in [6, 6.07) is 0. The first kappa shape index (κ1) is 15.2. The Morgan fingerprint density at radius 1 is 1.33 bits per heavy atom. The van der Waals surface area contributed by atoms with E-state index in [0.717, 1.165) is 0 Å². The monoisotopic (exact) mass is 277 g/mol. The Balaban J connectivity index is 4.18. The van der Waals surface area contributed by atoms with Crippen LogP contribution >= 0.6 is 30.8 Å². The summed E-state index contributed by atoms with van der Waals surface area (Å²) in [5, 5.41) is 2.28. The van der Waals surface area contributed by atoms with Crippen LogP contribution in [0.4, 0.5) is 0 Å². The summed E-state index contributed by atoms with van der Waals surface area (Å²) in [5.41, 5.74) is 0. The van der Waals surface area contributed by atoms with E-state index in [4.69, 9.17) is 32.2 Å². The number of rotatable bonds is 7. The first-order valence-corrected chi connectivity index (χ1v) is 6.99. The number of hydrogen-bond donors (Lipinski definition) is 1. The van der Waals surface area contributed by atoms with Gasteiger partial charge < -0.3 is 14.4 Å². The molecule has 0 aliphatic rings. The minimum atomic E-state index is -3.26. The molecule has 0 aliphatic heterocycles. The van der Waals surface area contributed by atoms with E-state index < -0.39 is 18.3 Å². The molecule has 0 atom stereocenters. The third-order valence-corrected chi connectivity index (χ3v) is 3.54. The van der Waals surface area contributed by atoms with Gasteiger partial charge in [0.2, 0.25) is 0 Å². The van der Waals surface area contributed by atoms with Crippen LogP contribution in [0.5, 0.6) is 0 Å². The van der Waals surface area contributed by atoms with Gasteiger partial charge in [-0.25, -0.2) is 0 Å². The summed E-state index contributed by atoms with van der Waals surface area (Å²) < 4.78 is 21.7. The third kappa shape index (κ3) is 6.38. The van der Waals surface area contributed by atoms with Gasteiger partial charge in [-0.05, 0) is 13.8 Å². The number of nitrogens with one attached hydrogen (secondary N) is 1. The molecule has 0 aromatic heterocycles. The lowest BCUT2D eigenvalue weighted by molar-refractivity contribution is -0.119. The molecule has 0 saturated heterocycles. The van der Waals surface area contributed by atoms with Crippen molar-refractivity contribution in [2.24, 2.45) is 0 Å². The van der Waals surface area contributed by atoms with Crippen LogP contribution in [0.15, 0.2) is 0 Å². The van der Waals surface area contributed by atoms with Gasteiger partial charge in [0.15, 0.2) is 4.84 Å². The molecule has 0 aliphatic carbocycles. The van der Waals surface area contributed by atoms with Gasteiger partial charge in [-0.15, -0.1) is 0 Å². The Bertz CT molecular complexity index is 239. The van der Waals surface area contributed by atoms with Crippen LogP contribution in [0, 0.1) is 0 Å². The average Bonchev–Trinajstić information content (AvgIpc) is 2.15. The quantitative estimate of drug-likeness (QED) is 0.572. The largest absolute Gasteiger partial charge is 0.349 e. The Hall–Kier alpha value is 0.200. The standard InChI is InChI=1S/C7H14Cl2NO4P/c1-3-13-15(12,14-4-2)5-10-7(11)6(8)9/h6H,3-5H2,1-2H3,(H,10,11). The van der Waals surface area contributed by atoms with Gasteiger partial charge in [0.05, 0.1) is 13.2 Å². The van der Waals surface area contributed by atoms with Crippen LogP contribution in [0.1, 0.15) is 13.8 Å². The molecule has 0 radical (unpaired) electrons. The molecule has 0 aromatic carbocycles. The summed E-state index contributed by atoms with van der Waals surface area (Å²) in [7, 11) is -3.26. The minimum Gasteiger partial charge on any atom is -0.342 e. The van der Waals surface area contributed by atoms with E-state index >= 15 is 0 Å². The highest BCUT2D eigenvalue weighted by Gasteiger charge is 2.25. The van der Waals surface area contributed by atoms with Gasteiger partial charge in [0, 0.05) is 0 Å². The maximum atomic E-state index is 11.8. The van der Waals surface area contributed by atoms with E-state index in [-0.39, 0.29) is 19.5 Å². The number of alkyl halides is 2. The molecule has 0 heterocycles. The first-order valence-electron chi connectivity index (χ1n) is 4.39. The molecule has 0 unspecified atom stereocenters. The topological polar surface area (TPSA) is 64.6 Å². The molecule has 0 aromatic rings. The lowest BCUT2D eigenvalue weighted by atomic mass is 10.7. The van der Waals surface area contributed by atoms with Gasteiger partial charge in [-0.1, -0.05) is 23.2 Å². The molecule has 1 amide bonds. The highest BCUT2D eigenvalue weighted by Crippen LogP contribution is 2.46. The molecule has 0 fully saturated rings. The van der Waals surface area contributed by atoms with Gasteiger partial charge in [-0.3, -0.25) is 9.36 Å². The lowest BCUT2D eigenvalue weighted by Crippen LogP contribution is -2.30. The fraction of sp³-hybridized carbons (Fsp3) is 0.857. The van der Waals surface area contributed by atoms with E-state index in [9.17, 15) is 9.36 Å². The molecule has 0 bridgehead atoms. The normalized spacial score (nSPS) is 11.8. The zero-order valence-corrected chi connectivity index (χ0v) is 10.9. The van der Waals surface area contributed by atoms with Crippen molar-refractivity contribution < 1.29 is 18.4 Å². The first-order chi connectivity index (χ1) is 6.95. The number of halogens is 2. The fourth-order valence-corrected chi connectivity index (χ4v) is 2.32. The molecule has 1 N–H and O–H groups in total. The van der Waals surface area contributed by atoms with Crippen LogP contribution in [0.25, 0.3) is 0 Å². The van der Waals surface area contributed by atoms with E-state index in [2.05, 4.69) is 5.32 Å². The molecule has 0 rings (SSSR count). The van der Waals surface area contributed by atoms with Crippen molar-refractivity contribution in [3.05, 3.63) is 0 Å². The van der Waals surface area contributed by atoms with Crippen molar-refractivity contribution >= 4 is 36.7 Å². The molecule has 8 heteroatoms. The predicted octanol–water partition coefficient (Wildman–Crippen LogP) is 2.13. The third-order valence-electron chi connectivity index (χ3n) is 1.30. The number of carbonyl (C=O) groups is 1. The van der Waals surface area contributed by atoms with Crippen molar-refractivity contribution in [1.82, 2.24) is 5.32 Å². The molecule has 5 nitrogen and oxygen atoms in total. The molecule has 0 saturated carbocycles. The average molecular weight is 278 g/mol. The van der Waals surface area contributed by atoms with Crippen molar-refractivity contribution in [3.8, 4) is 0 Å². The summed E-state index contributed by atoms with van der Waals surface area (Å²) in [6.07, 6.45) is -0.233.